The minimum Gasteiger partial charge on any atom is -0.396 e. The van der Waals surface area contributed by atoms with E-state index < -0.39 is 0 Å². The first-order valence-electron chi connectivity index (χ1n) is 6.06. The zero-order valence-corrected chi connectivity index (χ0v) is 12.0. The quantitative estimate of drug-likeness (QED) is 0.656. The Hall–Kier alpha value is 0.400. The molecule has 15 heavy (non-hydrogen) atoms. The van der Waals surface area contributed by atoms with Crippen molar-refractivity contribution in [2.24, 2.45) is 5.92 Å². The molecule has 0 amide bonds. The van der Waals surface area contributed by atoms with E-state index in [1.807, 2.05) is 0 Å². The Morgan fingerprint density at radius 3 is 2.40 bits per heavy atom. The van der Waals surface area contributed by atoms with Crippen molar-refractivity contribution in [1.82, 2.24) is 4.90 Å². The van der Waals surface area contributed by atoms with E-state index in [0.717, 1.165) is 30.8 Å². The molecular formula is C12H26BrNO. The van der Waals surface area contributed by atoms with Gasteiger partial charge < -0.3 is 10.0 Å². The molecule has 0 saturated carbocycles. The van der Waals surface area contributed by atoms with E-state index >= 15 is 0 Å². The van der Waals surface area contributed by atoms with Gasteiger partial charge in [0.1, 0.15) is 0 Å². The van der Waals surface area contributed by atoms with E-state index in [1.54, 1.807) is 0 Å². The molecule has 0 saturated heterocycles. The highest BCUT2D eigenvalue weighted by Gasteiger charge is 2.14. The van der Waals surface area contributed by atoms with Crippen LogP contribution in [-0.4, -0.2) is 41.1 Å². The van der Waals surface area contributed by atoms with Gasteiger partial charge in [-0.1, -0.05) is 29.3 Å². The first kappa shape index (κ1) is 15.4. The van der Waals surface area contributed by atoms with Crippen molar-refractivity contribution < 1.29 is 5.11 Å². The van der Waals surface area contributed by atoms with Crippen LogP contribution in [0.25, 0.3) is 0 Å². The zero-order valence-electron chi connectivity index (χ0n) is 10.4. The number of nitrogens with zero attached hydrogens (tertiary/aromatic N) is 1. The Kier molecular flexibility index (Phi) is 9.87. The third kappa shape index (κ3) is 7.31. The summed E-state index contributed by atoms with van der Waals surface area (Å²) in [6.45, 7) is 9.17. The molecule has 0 rings (SSSR count). The fraction of sp³-hybridized carbons (Fsp3) is 1.00. The number of aliphatic hydroxyl groups excluding tert-OH is 1. The number of rotatable bonds is 9. The molecule has 0 aliphatic heterocycles. The maximum Gasteiger partial charge on any atom is 0.0443 e. The van der Waals surface area contributed by atoms with E-state index in [1.165, 1.54) is 12.8 Å². The number of alkyl halides is 1. The molecule has 3 heteroatoms. The lowest BCUT2D eigenvalue weighted by atomic mass is 10.0. The monoisotopic (exact) mass is 279 g/mol. The largest absolute Gasteiger partial charge is 0.396 e. The zero-order chi connectivity index (χ0) is 11.7. The SMILES string of the molecule is CCCC(CBr)CN(CCCO)C(C)C. The maximum atomic E-state index is 8.86. The van der Waals surface area contributed by atoms with Crippen LogP contribution in [0.3, 0.4) is 0 Å². The first-order valence-corrected chi connectivity index (χ1v) is 7.18. The molecule has 0 bridgehead atoms. The van der Waals surface area contributed by atoms with E-state index in [4.69, 9.17) is 5.11 Å². The topological polar surface area (TPSA) is 23.5 Å². The van der Waals surface area contributed by atoms with Gasteiger partial charge in [0.2, 0.25) is 0 Å². The molecule has 0 aromatic carbocycles. The molecule has 0 spiro atoms. The van der Waals surface area contributed by atoms with Crippen molar-refractivity contribution in [1.29, 1.82) is 0 Å². The third-order valence-corrected chi connectivity index (χ3v) is 3.66. The van der Waals surface area contributed by atoms with Crippen LogP contribution in [-0.2, 0) is 0 Å². The normalized spacial score (nSPS) is 13.8. The summed E-state index contributed by atoms with van der Waals surface area (Å²) in [5.74, 6) is 0.746. The Labute approximate surface area is 103 Å². The highest BCUT2D eigenvalue weighted by molar-refractivity contribution is 9.09. The molecule has 0 aromatic rings. The molecular weight excluding hydrogens is 254 g/mol. The van der Waals surface area contributed by atoms with Gasteiger partial charge in [-0.15, -0.1) is 0 Å². The lowest BCUT2D eigenvalue weighted by molar-refractivity contribution is 0.169. The van der Waals surface area contributed by atoms with Gasteiger partial charge in [-0.2, -0.15) is 0 Å². The molecule has 1 N–H and O–H groups in total. The molecule has 0 aromatic heterocycles. The van der Waals surface area contributed by atoms with Crippen molar-refractivity contribution >= 4 is 15.9 Å². The second kappa shape index (κ2) is 9.61. The molecule has 0 radical (unpaired) electrons. The Morgan fingerprint density at radius 1 is 1.33 bits per heavy atom. The molecule has 92 valence electrons. The van der Waals surface area contributed by atoms with Crippen molar-refractivity contribution in [3.05, 3.63) is 0 Å². The van der Waals surface area contributed by atoms with Gasteiger partial charge in [0, 0.05) is 31.1 Å². The van der Waals surface area contributed by atoms with Gasteiger partial charge in [-0.05, 0) is 32.6 Å². The minimum atomic E-state index is 0.302. The second-order valence-electron chi connectivity index (χ2n) is 4.47. The summed E-state index contributed by atoms with van der Waals surface area (Å²) >= 11 is 3.59. The number of hydrogen-bond donors (Lipinski definition) is 1. The summed E-state index contributed by atoms with van der Waals surface area (Å²) in [6, 6.07) is 0.579. The summed E-state index contributed by atoms with van der Waals surface area (Å²) in [7, 11) is 0. The predicted molar refractivity (Wildman–Crippen MR) is 70.6 cm³/mol. The van der Waals surface area contributed by atoms with Crippen LogP contribution in [0.15, 0.2) is 0 Å². The van der Waals surface area contributed by atoms with Crippen LogP contribution < -0.4 is 0 Å². The molecule has 1 atom stereocenters. The van der Waals surface area contributed by atoms with Crippen molar-refractivity contribution in [2.45, 2.75) is 46.1 Å². The number of aliphatic hydroxyl groups is 1. The summed E-state index contributed by atoms with van der Waals surface area (Å²) in [6.07, 6.45) is 3.43. The van der Waals surface area contributed by atoms with Crippen LogP contribution in [0.5, 0.6) is 0 Å². The van der Waals surface area contributed by atoms with Gasteiger partial charge in [0.15, 0.2) is 0 Å². The van der Waals surface area contributed by atoms with E-state index in [2.05, 4.69) is 41.6 Å². The Bertz CT molecular complexity index is 142. The van der Waals surface area contributed by atoms with Gasteiger partial charge in [-0.25, -0.2) is 0 Å². The molecule has 0 aliphatic rings. The summed E-state index contributed by atoms with van der Waals surface area (Å²) in [5.41, 5.74) is 0. The number of hydrogen-bond acceptors (Lipinski definition) is 2. The van der Waals surface area contributed by atoms with Crippen molar-refractivity contribution in [2.75, 3.05) is 25.0 Å². The fourth-order valence-corrected chi connectivity index (χ4v) is 2.32. The van der Waals surface area contributed by atoms with Gasteiger partial charge in [-0.3, -0.25) is 0 Å². The van der Waals surface area contributed by atoms with Crippen molar-refractivity contribution in [3.63, 3.8) is 0 Å². The number of halogens is 1. The molecule has 1 unspecified atom stereocenters. The third-order valence-electron chi connectivity index (χ3n) is 2.74. The summed E-state index contributed by atoms with van der Waals surface area (Å²) in [5, 5.41) is 9.94. The second-order valence-corrected chi connectivity index (χ2v) is 5.12. The average Bonchev–Trinajstić information content (AvgIpc) is 2.22. The van der Waals surface area contributed by atoms with E-state index in [0.29, 0.717) is 12.6 Å². The van der Waals surface area contributed by atoms with Gasteiger partial charge >= 0.3 is 0 Å². The van der Waals surface area contributed by atoms with Crippen LogP contribution in [0.1, 0.15) is 40.0 Å². The first-order chi connectivity index (χ1) is 7.15. The summed E-state index contributed by atoms with van der Waals surface area (Å²) in [4.78, 5) is 2.47. The molecule has 2 nitrogen and oxygen atoms in total. The molecule has 0 aliphatic carbocycles. The highest BCUT2D eigenvalue weighted by Crippen LogP contribution is 2.13. The predicted octanol–water partition coefficient (Wildman–Crippen LogP) is 2.89. The van der Waals surface area contributed by atoms with E-state index in [-0.39, 0.29) is 0 Å². The van der Waals surface area contributed by atoms with Gasteiger partial charge in [0.25, 0.3) is 0 Å². The van der Waals surface area contributed by atoms with Gasteiger partial charge in [0.05, 0.1) is 0 Å². The standard InChI is InChI=1S/C12H26BrNO/c1-4-6-12(9-13)10-14(11(2)3)7-5-8-15/h11-12,15H,4-10H2,1-3H3. The fourth-order valence-electron chi connectivity index (χ4n) is 1.79. The van der Waals surface area contributed by atoms with Crippen molar-refractivity contribution in [3.8, 4) is 0 Å². The van der Waals surface area contributed by atoms with Crippen LogP contribution in [0.2, 0.25) is 0 Å². The van der Waals surface area contributed by atoms with Crippen LogP contribution >= 0.6 is 15.9 Å². The molecule has 0 heterocycles. The Morgan fingerprint density at radius 2 is 2.00 bits per heavy atom. The van der Waals surface area contributed by atoms with E-state index in [9.17, 15) is 0 Å². The Balaban J connectivity index is 4.00. The highest BCUT2D eigenvalue weighted by atomic mass is 79.9. The van der Waals surface area contributed by atoms with Crippen LogP contribution in [0.4, 0.5) is 0 Å². The average molecular weight is 280 g/mol. The smallest absolute Gasteiger partial charge is 0.0443 e. The lowest BCUT2D eigenvalue weighted by Crippen LogP contribution is -2.37. The molecule has 0 fully saturated rings. The maximum absolute atomic E-state index is 8.86. The summed E-state index contributed by atoms with van der Waals surface area (Å²) < 4.78 is 0. The van der Waals surface area contributed by atoms with Crippen LogP contribution in [0, 0.1) is 5.92 Å². The lowest BCUT2D eigenvalue weighted by Gasteiger charge is -2.29. The minimum absolute atomic E-state index is 0.302.